The normalized spacial score (nSPS) is 9.75. The van der Waals surface area contributed by atoms with Gasteiger partial charge in [-0.3, -0.25) is 5.10 Å². The summed E-state index contributed by atoms with van der Waals surface area (Å²) in [7, 11) is 0. The molecule has 1 radical (unpaired) electrons. The molecule has 0 spiro atoms. The van der Waals surface area contributed by atoms with Crippen molar-refractivity contribution >= 4 is 0 Å². The van der Waals surface area contributed by atoms with Crippen molar-refractivity contribution in [2.45, 2.75) is 20.3 Å². The predicted molar refractivity (Wildman–Crippen MR) is 31.5 cm³/mol. The lowest BCUT2D eigenvalue weighted by Gasteiger charge is -1.84. The van der Waals surface area contributed by atoms with Gasteiger partial charge < -0.3 is 0 Å². The highest BCUT2D eigenvalue weighted by Gasteiger charge is 1.94. The number of nitrogens with zero attached hydrogens (tertiary/aromatic N) is 1. The van der Waals surface area contributed by atoms with Gasteiger partial charge >= 0.3 is 0 Å². The number of aromatic nitrogens is 2. The van der Waals surface area contributed by atoms with Gasteiger partial charge in [-0.1, -0.05) is 6.92 Å². The summed E-state index contributed by atoms with van der Waals surface area (Å²) >= 11 is 0. The Bertz CT molecular complexity index is 167. The third-order valence-corrected chi connectivity index (χ3v) is 1.22. The number of H-pyrrole nitrogens is 1. The topological polar surface area (TPSA) is 28.7 Å². The SMILES string of the molecule is CCc1[c][nH]nc1C. The van der Waals surface area contributed by atoms with Gasteiger partial charge in [-0.25, -0.2) is 0 Å². The largest absolute Gasteiger partial charge is 0.276 e. The quantitative estimate of drug-likeness (QED) is 0.574. The standard InChI is InChI=1S/C6H9N2/c1-3-6-4-7-8-5(6)2/h3H2,1-2H3,(H,7,8). The first-order valence-corrected chi connectivity index (χ1v) is 2.76. The molecule has 0 aliphatic rings. The lowest BCUT2D eigenvalue weighted by Crippen LogP contribution is -1.78. The van der Waals surface area contributed by atoms with Crippen LogP contribution < -0.4 is 0 Å². The second-order valence-corrected chi connectivity index (χ2v) is 1.77. The molecular formula is C6H9N2. The predicted octanol–water partition coefficient (Wildman–Crippen LogP) is 1.08. The van der Waals surface area contributed by atoms with Crippen molar-refractivity contribution in [3.8, 4) is 0 Å². The number of rotatable bonds is 1. The van der Waals surface area contributed by atoms with Crippen LogP contribution in [0, 0.1) is 13.1 Å². The Kier molecular flexibility index (Phi) is 1.33. The Morgan fingerprint density at radius 3 is 2.75 bits per heavy atom. The molecule has 1 rings (SSSR count). The maximum absolute atomic E-state index is 3.91. The van der Waals surface area contributed by atoms with Crippen LogP contribution in [0.1, 0.15) is 18.2 Å². The van der Waals surface area contributed by atoms with Crippen LogP contribution in [0.4, 0.5) is 0 Å². The van der Waals surface area contributed by atoms with Gasteiger partial charge in [-0.2, -0.15) is 5.10 Å². The highest BCUT2D eigenvalue weighted by Crippen LogP contribution is 2.00. The molecule has 0 aliphatic carbocycles. The molecule has 43 valence electrons. The molecule has 1 aromatic rings. The van der Waals surface area contributed by atoms with Crippen molar-refractivity contribution in [3.05, 3.63) is 17.5 Å². The molecule has 0 fully saturated rings. The van der Waals surface area contributed by atoms with Crippen LogP contribution >= 0.6 is 0 Å². The Morgan fingerprint density at radius 2 is 2.50 bits per heavy atom. The molecule has 1 heterocycles. The van der Waals surface area contributed by atoms with Crippen LogP contribution in [-0.2, 0) is 6.42 Å². The maximum atomic E-state index is 3.91. The minimum atomic E-state index is 1.02. The molecule has 0 aromatic carbocycles. The van der Waals surface area contributed by atoms with Gasteiger partial charge in [0.15, 0.2) is 0 Å². The van der Waals surface area contributed by atoms with Crippen molar-refractivity contribution < 1.29 is 0 Å². The zero-order valence-corrected chi connectivity index (χ0v) is 5.15. The van der Waals surface area contributed by atoms with E-state index in [0.29, 0.717) is 0 Å². The van der Waals surface area contributed by atoms with Crippen LogP contribution in [0.5, 0.6) is 0 Å². The molecule has 2 heteroatoms. The minimum Gasteiger partial charge on any atom is -0.276 e. The zero-order valence-electron chi connectivity index (χ0n) is 5.15. The van der Waals surface area contributed by atoms with E-state index in [9.17, 15) is 0 Å². The van der Waals surface area contributed by atoms with E-state index in [0.717, 1.165) is 12.1 Å². The molecular weight excluding hydrogens is 100 g/mol. The first-order chi connectivity index (χ1) is 3.84. The van der Waals surface area contributed by atoms with E-state index in [4.69, 9.17) is 0 Å². The minimum absolute atomic E-state index is 1.02. The monoisotopic (exact) mass is 109 g/mol. The van der Waals surface area contributed by atoms with Crippen molar-refractivity contribution in [2.24, 2.45) is 0 Å². The second kappa shape index (κ2) is 1.99. The second-order valence-electron chi connectivity index (χ2n) is 1.77. The van der Waals surface area contributed by atoms with E-state index < -0.39 is 0 Å². The van der Waals surface area contributed by atoms with Gasteiger partial charge in [0.25, 0.3) is 0 Å². The van der Waals surface area contributed by atoms with Gasteiger partial charge in [0.2, 0.25) is 0 Å². The van der Waals surface area contributed by atoms with E-state index in [2.05, 4.69) is 23.3 Å². The summed E-state index contributed by atoms with van der Waals surface area (Å²) in [5, 5.41) is 6.58. The van der Waals surface area contributed by atoms with Crippen molar-refractivity contribution in [2.75, 3.05) is 0 Å². The van der Waals surface area contributed by atoms with Crippen LogP contribution in [0.2, 0.25) is 0 Å². The number of hydrogen-bond donors (Lipinski definition) is 1. The van der Waals surface area contributed by atoms with Crippen molar-refractivity contribution in [1.82, 2.24) is 10.2 Å². The number of nitrogens with one attached hydrogen (secondary N) is 1. The Morgan fingerprint density at radius 1 is 1.75 bits per heavy atom. The summed E-state index contributed by atoms with van der Waals surface area (Å²) < 4.78 is 0. The number of hydrogen-bond acceptors (Lipinski definition) is 1. The zero-order chi connectivity index (χ0) is 5.98. The Labute approximate surface area is 48.9 Å². The summed E-state index contributed by atoms with van der Waals surface area (Å²) in [6.45, 7) is 4.07. The summed E-state index contributed by atoms with van der Waals surface area (Å²) in [6.07, 6.45) is 3.94. The van der Waals surface area contributed by atoms with Gasteiger partial charge in [0.1, 0.15) is 0 Å². The first kappa shape index (κ1) is 5.35. The van der Waals surface area contributed by atoms with E-state index in [1.54, 1.807) is 0 Å². The molecule has 8 heavy (non-hydrogen) atoms. The Balaban J connectivity index is 2.92. The molecule has 1 N–H and O–H groups in total. The molecule has 0 atom stereocenters. The van der Waals surface area contributed by atoms with Crippen LogP contribution in [-0.4, -0.2) is 10.2 Å². The Hall–Kier alpha value is -0.790. The number of aryl methyl sites for hydroxylation is 2. The summed E-state index contributed by atoms with van der Waals surface area (Å²) in [4.78, 5) is 0. The van der Waals surface area contributed by atoms with Gasteiger partial charge in [0, 0.05) is 5.56 Å². The smallest absolute Gasteiger partial charge is 0.0866 e. The molecule has 0 amide bonds. The third kappa shape index (κ3) is 0.735. The van der Waals surface area contributed by atoms with E-state index in [1.165, 1.54) is 5.56 Å². The highest BCUT2D eigenvalue weighted by atomic mass is 15.1. The van der Waals surface area contributed by atoms with Crippen LogP contribution in [0.3, 0.4) is 0 Å². The lowest BCUT2D eigenvalue weighted by molar-refractivity contribution is 1.04. The van der Waals surface area contributed by atoms with Crippen LogP contribution in [0.15, 0.2) is 0 Å². The van der Waals surface area contributed by atoms with Crippen molar-refractivity contribution in [3.63, 3.8) is 0 Å². The third-order valence-electron chi connectivity index (χ3n) is 1.22. The average Bonchev–Trinajstić information content (AvgIpc) is 2.14. The van der Waals surface area contributed by atoms with E-state index in [-0.39, 0.29) is 0 Å². The van der Waals surface area contributed by atoms with E-state index >= 15 is 0 Å². The summed E-state index contributed by atoms with van der Waals surface area (Å²) in [5.74, 6) is 0. The fraction of sp³-hybridized carbons (Fsp3) is 0.500. The molecule has 0 saturated heterocycles. The highest BCUT2D eigenvalue weighted by molar-refractivity contribution is 5.11. The van der Waals surface area contributed by atoms with Crippen LogP contribution in [0.25, 0.3) is 0 Å². The molecule has 0 aliphatic heterocycles. The molecule has 2 nitrogen and oxygen atoms in total. The summed E-state index contributed by atoms with van der Waals surface area (Å²) in [6, 6.07) is 0. The van der Waals surface area contributed by atoms with Crippen molar-refractivity contribution in [1.29, 1.82) is 0 Å². The average molecular weight is 109 g/mol. The van der Waals surface area contributed by atoms with Gasteiger partial charge in [0.05, 0.1) is 11.9 Å². The fourth-order valence-corrected chi connectivity index (χ4v) is 0.681. The maximum Gasteiger partial charge on any atom is 0.0866 e. The summed E-state index contributed by atoms with van der Waals surface area (Å²) in [5.41, 5.74) is 2.25. The fourth-order valence-electron chi connectivity index (χ4n) is 0.681. The van der Waals surface area contributed by atoms with Gasteiger partial charge in [-0.15, -0.1) is 0 Å². The molecule has 0 bridgehead atoms. The lowest BCUT2D eigenvalue weighted by atomic mass is 10.2. The number of aromatic amines is 1. The van der Waals surface area contributed by atoms with E-state index in [1.807, 2.05) is 6.92 Å². The van der Waals surface area contributed by atoms with Gasteiger partial charge in [-0.05, 0) is 13.3 Å². The molecule has 0 saturated carbocycles. The molecule has 0 unspecified atom stereocenters. The molecule has 1 aromatic heterocycles. The first-order valence-electron chi connectivity index (χ1n) is 2.76.